The Morgan fingerprint density at radius 2 is 2.11 bits per heavy atom. The molecule has 2 rings (SSSR count). The van der Waals surface area contributed by atoms with Crippen molar-refractivity contribution in [2.75, 3.05) is 6.54 Å². The lowest BCUT2D eigenvalue weighted by atomic mass is 10.2. The number of rotatable bonds is 5. The van der Waals surface area contributed by atoms with Crippen molar-refractivity contribution in [2.24, 2.45) is 0 Å². The van der Waals surface area contributed by atoms with Crippen LogP contribution in [0.1, 0.15) is 11.3 Å². The molecule has 1 aromatic carbocycles. The fourth-order valence-corrected chi connectivity index (χ4v) is 2.39. The van der Waals surface area contributed by atoms with Crippen LogP contribution in [0.3, 0.4) is 0 Å². The molecule has 0 fully saturated rings. The summed E-state index contributed by atoms with van der Waals surface area (Å²) in [4.78, 5) is 4.28. The molecule has 4 heteroatoms. The summed E-state index contributed by atoms with van der Waals surface area (Å²) < 4.78 is 1.00. The number of nitrogens with zero attached hydrogens (tertiary/aromatic N) is 1. The van der Waals surface area contributed by atoms with Crippen LogP contribution in [0.5, 0.6) is 0 Å². The molecule has 0 unspecified atom stereocenters. The van der Waals surface area contributed by atoms with Crippen molar-refractivity contribution < 1.29 is 0 Å². The van der Waals surface area contributed by atoms with E-state index in [1.54, 1.807) is 0 Å². The van der Waals surface area contributed by atoms with E-state index >= 15 is 0 Å². The molecule has 0 aliphatic carbocycles. The van der Waals surface area contributed by atoms with Crippen LogP contribution in [0.15, 0.2) is 47.1 Å². The SMILES string of the molecule is Clc1cc(Br)ccc1CNCCc1ccccn1. The van der Waals surface area contributed by atoms with E-state index in [0.29, 0.717) is 0 Å². The van der Waals surface area contributed by atoms with Crippen LogP contribution in [-0.2, 0) is 13.0 Å². The van der Waals surface area contributed by atoms with Crippen molar-refractivity contribution in [3.63, 3.8) is 0 Å². The second kappa shape index (κ2) is 6.88. The highest BCUT2D eigenvalue weighted by molar-refractivity contribution is 9.10. The maximum atomic E-state index is 6.14. The molecule has 0 aliphatic rings. The quantitative estimate of drug-likeness (QED) is 0.845. The summed E-state index contributed by atoms with van der Waals surface area (Å²) in [5.74, 6) is 0. The van der Waals surface area contributed by atoms with Crippen LogP contribution >= 0.6 is 27.5 Å². The van der Waals surface area contributed by atoms with Crippen molar-refractivity contribution in [3.8, 4) is 0 Å². The van der Waals surface area contributed by atoms with Gasteiger partial charge in [-0.15, -0.1) is 0 Å². The fourth-order valence-electron chi connectivity index (χ4n) is 1.65. The molecule has 0 aliphatic heterocycles. The Kier molecular flexibility index (Phi) is 5.17. The zero-order valence-electron chi connectivity index (χ0n) is 9.87. The lowest BCUT2D eigenvalue weighted by Gasteiger charge is -2.07. The minimum atomic E-state index is 0.777. The Bertz CT molecular complexity index is 502. The van der Waals surface area contributed by atoms with Gasteiger partial charge in [0.15, 0.2) is 0 Å². The molecule has 0 spiro atoms. The van der Waals surface area contributed by atoms with Crippen LogP contribution in [0, 0.1) is 0 Å². The molecule has 0 saturated heterocycles. The maximum Gasteiger partial charge on any atom is 0.0462 e. The van der Waals surface area contributed by atoms with Crippen LogP contribution in [0.2, 0.25) is 5.02 Å². The molecule has 1 aromatic heterocycles. The molecule has 18 heavy (non-hydrogen) atoms. The first-order chi connectivity index (χ1) is 8.75. The highest BCUT2D eigenvalue weighted by atomic mass is 79.9. The Balaban J connectivity index is 1.79. The van der Waals surface area contributed by atoms with Crippen molar-refractivity contribution in [1.82, 2.24) is 10.3 Å². The zero-order chi connectivity index (χ0) is 12.8. The first kappa shape index (κ1) is 13.5. The van der Waals surface area contributed by atoms with Crippen LogP contribution in [-0.4, -0.2) is 11.5 Å². The summed E-state index contributed by atoms with van der Waals surface area (Å²) in [7, 11) is 0. The van der Waals surface area contributed by atoms with Gasteiger partial charge in [-0.2, -0.15) is 0 Å². The number of benzene rings is 1. The standard InChI is InChI=1S/C14H14BrClN2/c15-12-5-4-11(14(16)9-12)10-17-8-6-13-3-1-2-7-18-13/h1-5,7,9,17H,6,8,10H2. The van der Waals surface area contributed by atoms with E-state index in [2.05, 4.69) is 26.2 Å². The second-order valence-electron chi connectivity index (χ2n) is 3.98. The molecule has 1 N–H and O–H groups in total. The van der Waals surface area contributed by atoms with Crippen molar-refractivity contribution in [2.45, 2.75) is 13.0 Å². The zero-order valence-corrected chi connectivity index (χ0v) is 12.2. The van der Waals surface area contributed by atoms with Gasteiger partial charge in [-0.05, 0) is 29.8 Å². The van der Waals surface area contributed by atoms with E-state index in [1.807, 2.05) is 42.6 Å². The molecule has 94 valence electrons. The molecular formula is C14H14BrClN2. The van der Waals surface area contributed by atoms with Gasteiger partial charge in [0.25, 0.3) is 0 Å². The summed E-state index contributed by atoms with van der Waals surface area (Å²) in [5, 5.41) is 4.16. The maximum absolute atomic E-state index is 6.14. The summed E-state index contributed by atoms with van der Waals surface area (Å²) in [6, 6.07) is 11.9. The minimum absolute atomic E-state index is 0.777. The molecule has 0 saturated carbocycles. The smallest absolute Gasteiger partial charge is 0.0462 e. The summed E-state index contributed by atoms with van der Waals surface area (Å²) in [5.41, 5.74) is 2.22. The largest absolute Gasteiger partial charge is 0.312 e. The van der Waals surface area contributed by atoms with Gasteiger partial charge >= 0.3 is 0 Å². The Morgan fingerprint density at radius 3 is 2.83 bits per heavy atom. The molecular weight excluding hydrogens is 312 g/mol. The first-order valence-corrected chi connectivity index (χ1v) is 6.97. The third-order valence-electron chi connectivity index (χ3n) is 2.61. The average molecular weight is 326 g/mol. The number of nitrogens with one attached hydrogen (secondary N) is 1. The minimum Gasteiger partial charge on any atom is -0.312 e. The van der Waals surface area contributed by atoms with Crippen molar-refractivity contribution in [3.05, 3.63) is 63.3 Å². The Hall–Kier alpha value is -0.900. The van der Waals surface area contributed by atoms with Gasteiger partial charge in [-0.25, -0.2) is 0 Å². The lowest BCUT2D eigenvalue weighted by molar-refractivity contribution is 0.680. The van der Waals surface area contributed by atoms with Gasteiger partial charge in [0.2, 0.25) is 0 Å². The number of hydrogen-bond acceptors (Lipinski definition) is 2. The van der Waals surface area contributed by atoms with Crippen molar-refractivity contribution >= 4 is 27.5 Å². The third-order valence-corrected chi connectivity index (χ3v) is 3.46. The molecule has 2 aromatic rings. The highest BCUT2D eigenvalue weighted by Crippen LogP contribution is 2.21. The van der Waals surface area contributed by atoms with Crippen LogP contribution < -0.4 is 5.32 Å². The predicted octanol–water partition coefficient (Wildman–Crippen LogP) is 3.83. The van der Waals surface area contributed by atoms with E-state index in [1.165, 1.54) is 0 Å². The fraction of sp³-hybridized carbons (Fsp3) is 0.214. The molecule has 0 amide bonds. The number of aromatic nitrogens is 1. The number of hydrogen-bond donors (Lipinski definition) is 1. The molecule has 0 bridgehead atoms. The van der Waals surface area contributed by atoms with E-state index in [0.717, 1.165) is 40.3 Å². The van der Waals surface area contributed by atoms with E-state index < -0.39 is 0 Å². The predicted molar refractivity (Wildman–Crippen MR) is 78.8 cm³/mol. The Labute approximate surface area is 121 Å². The Morgan fingerprint density at radius 1 is 1.22 bits per heavy atom. The van der Waals surface area contributed by atoms with Crippen LogP contribution in [0.4, 0.5) is 0 Å². The lowest BCUT2D eigenvalue weighted by Crippen LogP contribution is -2.17. The highest BCUT2D eigenvalue weighted by Gasteiger charge is 2.00. The molecule has 0 radical (unpaired) electrons. The number of pyridine rings is 1. The van der Waals surface area contributed by atoms with E-state index in [9.17, 15) is 0 Å². The van der Waals surface area contributed by atoms with Crippen molar-refractivity contribution in [1.29, 1.82) is 0 Å². The molecule has 1 heterocycles. The van der Waals surface area contributed by atoms with Gasteiger partial charge in [0, 0.05) is 40.9 Å². The number of halogens is 2. The van der Waals surface area contributed by atoms with Crippen LogP contribution in [0.25, 0.3) is 0 Å². The molecule has 2 nitrogen and oxygen atoms in total. The van der Waals surface area contributed by atoms with Gasteiger partial charge in [0.05, 0.1) is 0 Å². The van der Waals surface area contributed by atoms with Gasteiger partial charge < -0.3 is 5.32 Å². The molecule has 0 atom stereocenters. The van der Waals surface area contributed by atoms with Gasteiger partial charge in [-0.1, -0.05) is 39.7 Å². The van der Waals surface area contributed by atoms with Gasteiger partial charge in [-0.3, -0.25) is 4.98 Å². The third kappa shape index (κ3) is 4.09. The average Bonchev–Trinajstić information content (AvgIpc) is 2.38. The monoisotopic (exact) mass is 324 g/mol. The topological polar surface area (TPSA) is 24.9 Å². The van der Waals surface area contributed by atoms with E-state index in [4.69, 9.17) is 11.6 Å². The normalized spacial score (nSPS) is 10.6. The van der Waals surface area contributed by atoms with Gasteiger partial charge in [0.1, 0.15) is 0 Å². The summed E-state index contributed by atoms with van der Waals surface area (Å²) in [6.45, 7) is 1.67. The second-order valence-corrected chi connectivity index (χ2v) is 5.31. The first-order valence-electron chi connectivity index (χ1n) is 5.80. The summed E-state index contributed by atoms with van der Waals surface area (Å²) in [6.07, 6.45) is 2.75. The van der Waals surface area contributed by atoms with E-state index in [-0.39, 0.29) is 0 Å². The summed E-state index contributed by atoms with van der Waals surface area (Å²) >= 11 is 9.54.